The Hall–Kier alpha value is -1.48. The largest absolute Gasteiger partial charge is 0.389 e. The maximum absolute atomic E-state index is 12.7. The van der Waals surface area contributed by atoms with Gasteiger partial charge >= 0.3 is 0 Å². The van der Waals surface area contributed by atoms with E-state index in [-0.39, 0.29) is 4.90 Å². The highest BCUT2D eigenvalue weighted by molar-refractivity contribution is 7.89. The number of amides is 1. The van der Waals surface area contributed by atoms with Crippen molar-refractivity contribution in [1.29, 1.82) is 0 Å². The molecule has 0 aliphatic carbocycles. The fraction of sp³-hybridized carbons (Fsp3) is 0.533. The van der Waals surface area contributed by atoms with Gasteiger partial charge in [-0.15, -0.1) is 0 Å². The lowest BCUT2D eigenvalue weighted by molar-refractivity contribution is -0.123. The molecule has 0 spiro atoms. The second kappa shape index (κ2) is 6.96. The van der Waals surface area contributed by atoms with Crippen molar-refractivity contribution in [1.82, 2.24) is 9.21 Å². The maximum atomic E-state index is 12.7. The number of carbonyl (C=O) groups excluding carboxylic acids is 1. The van der Waals surface area contributed by atoms with Crippen molar-refractivity contribution in [3.63, 3.8) is 0 Å². The second-order valence-electron chi connectivity index (χ2n) is 5.77. The molecule has 1 heterocycles. The molecule has 1 saturated heterocycles. The topological polar surface area (TPSA) is 104 Å². The van der Waals surface area contributed by atoms with Gasteiger partial charge in [0.1, 0.15) is 0 Å². The highest BCUT2D eigenvalue weighted by atomic mass is 32.2. The van der Waals surface area contributed by atoms with Crippen molar-refractivity contribution in [3.05, 3.63) is 29.8 Å². The van der Waals surface area contributed by atoms with Crippen LogP contribution in [0.1, 0.15) is 25.5 Å². The predicted octanol–water partition coefficient (Wildman–Crippen LogP) is -0.0800. The summed E-state index contributed by atoms with van der Waals surface area (Å²) in [7, 11) is -3.61. The van der Waals surface area contributed by atoms with Crippen LogP contribution in [0.4, 0.5) is 0 Å². The van der Waals surface area contributed by atoms with Crippen molar-refractivity contribution in [2.24, 2.45) is 5.73 Å². The Labute approximate surface area is 136 Å². The van der Waals surface area contributed by atoms with Crippen LogP contribution in [-0.4, -0.2) is 60.9 Å². The molecule has 1 aliphatic heterocycles. The summed E-state index contributed by atoms with van der Waals surface area (Å²) in [5.41, 5.74) is 5.85. The number of aliphatic hydroxyl groups is 1. The number of hydrogen-bond donors (Lipinski definition) is 2. The first kappa shape index (κ1) is 17.9. The number of hydrogen-bond acceptors (Lipinski definition) is 5. The molecule has 128 valence electrons. The van der Waals surface area contributed by atoms with Crippen molar-refractivity contribution in [3.8, 4) is 0 Å². The van der Waals surface area contributed by atoms with Gasteiger partial charge in [0.2, 0.25) is 15.9 Å². The Kier molecular flexibility index (Phi) is 5.41. The van der Waals surface area contributed by atoms with Crippen molar-refractivity contribution in [2.45, 2.75) is 30.9 Å². The lowest BCUT2D eigenvalue weighted by Gasteiger charge is -2.36. The van der Waals surface area contributed by atoms with Crippen LogP contribution in [0, 0.1) is 0 Å². The van der Waals surface area contributed by atoms with Crippen LogP contribution in [0.15, 0.2) is 29.2 Å². The molecule has 0 aromatic heterocycles. The Morgan fingerprint density at radius 3 is 2.35 bits per heavy atom. The van der Waals surface area contributed by atoms with E-state index in [4.69, 9.17) is 5.73 Å². The Morgan fingerprint density at radius 2 is 1.83 bits per heavy atom. The highest BCUT2D eigenvalue weighted by Gasteiger charge is 2.31. The van der Waals surface area contributed by atoms with Crippen LogP contribution in [0.5, 0.6) is 0 Å². The quantitative estimate of drug-likeness (QED) is 0.779. The molecule has 1 aromatic carbocycles. The van der Waals surface area contributed by atoms with E-state index in [2.05, 4.69) is 0 Å². The Bertz CT molecular complexity index is 667. The second-order valence-corrected chi connectivity index (χ2v) is 7.70. The molecule has 0 unspecified atom stereocenters. The van der Waals surface area contributed by atoms with Gasteiger partial charge in [0, 0.05) is 26.2 Å². The molecular weight excluding hydrogens is 318 g/mol. The average Bonchev–Trinajstić information content (AvgIpc) is 2.54. The molecule has 8 heteroatoms. The first-order valence-corrected chi connectivity index (χ1v) is 8.99. The zero-order chi connectivity index (χ0) is 17.2. The molecule has 0 saturated carbocycles. The Balaban J connectivity index is 2.13. The minimum Gasteiger partial charge on any atom is -0.389 e. The minimum absolute atomic E-state index is 0.173. The van der Waals surface area contributed by atoms with Gasteiger partial charge in [-0.1, -0.05) is 12.1 Å². The summed E-state index contributed by atoms with van der Waals surface area (Å²) in [6, 6.07) is 5.94. The van der Waals surface area contributed by atoms with E-state index in [1.165, 1.54) is 16.4 Å². The standard InChI is InChI=1S/C15H23N3O4S/c1-11(15(16)20)17-6-8-18(9-7-17)23(21,22)14-5-3-4-13(10-14)12(2)19/h3-5,10-12,19H,6-9H2,1-2H3,(H2,16,20)/t11-,12+/m1/s1. The van der Waals surface area contributed by atoms with Crippen LogP contribution in [0.2, 0.25) is 0 Å². The summed E-state index contributed by atoms with van der Waals surface area (Å²) < 4.78 is 26.8. The molecule has 2 rings (SSSR count). The smallest absolute Gasteiger partial charge is 0.243 e. The molecule has 1 aromatic rings. The zero-order valence-corrected chi connectivity index (χ0v) is 14.2. The van der Waals surface area contributed by atoms with Gasteiger partial charge in [0.15, 0.2) is 0 Å². The first-order chi connectivity index (χ1) is 10.7. The Morgan fingerprint density at radius 1 is 1.22 bits per heavy atom. The molecular formula is C15H23N3O4S. The monoisotopic (exact) mass is 341 g/mol. The van der Waals surface area contributed by atoms with Crippen molar-refractivity contribution in [2.75, 3.05) is 26.2 Å². The molecule has 7 nitrogen and oxygen atoms in total. The normalized spacial score (nSPS) is 20.1. The SMILES string of the molecule is C[C@H](O)c1cccc(S(=O)(=O)N2CCN([C@H](C)C(N)=O)CC2)c1. The number of nitrogens with two attached hydrogens (primary N) is 1. The van der Waals surface area contributed by atoms with Crippen LogP contribution in [0.25, 0.3) is 0 Å². The summed E-state index contributed by atoms with van der Waals surface area (Å²) in [6.07, 6.45) is -0.724. The van der Waals surface area contributed by atoms with Crippen LogP contribution >= 0.6 is 0 Å². The molecule has 2 atom stereocenters. The third-order valence-electron chi connectivity index (χ3n) is 4.21. The fourth-order valence-electron chi connectivity index (χ4n) is 2.60. The van der Waals surface area contributed by atoms with E-state index in [0.29, 0.717) is 31.7 Å². The number of rotatable bonds is 5. The summed E-state index contributed by atoms with van der Waals surface area (Å²) in [4.78, 5) is 13.3. The van der Waals surface area contributed by atoms with E-state index < -0.39 is 28.1 Å². The van der Waals surface area contributed by atoms with Crippen molar-refractivity contribution < 1.29 is 18.3 Å². The van der Waals surface area contributed by atoms with E-state index >= 15 is 0 Å². The van der Waals surface area contributed by atoms with Crippen molar-refractivity contribution >= 4 is 15.9 Å². The van der Waals surface area contributed by atoms with Gasteiger partial charge in [0.25, 0.3) is 0 Å². The summed E-state index contributed by atoms with van der Waals surface area (Å²) >= 11 is 0. The highest BCUT2D eigenvalue weighted by Crippen LogP contribution is 2.22. The zero-order valence-electron chi connectivity index (χ0n) is 13.3. The number of piperazine rings is 1. The number of primary amides is 1. The average molecular weight is 341 g/mol. The molecule has 0 bridgehead atoms. The molecule has 1 amide bonds. The van der Waals surface area contributed by atoms with Gasteiger partial charge in [-0.05, 0) is 31.5 Å². The number of nitrogens with zero attached hydrogens (tertiary/aromatic N) is 2. The van der Waals surface area contributed by atoms with Crippen LogP contribution in [0.3, 0.4) is 0 Å². The van der Waals surface area contributed by atoms with E-state index in [0.717, 1.165) is 0 Å². The lowest BCUT2D eigenvalue weighted by Crippen LogP contribution is -2.54. The summed E-state index contributed by atoms with van der Waals surface area (Å²) in [5, 5.41) is 9.61. The predicted molar refractivity (Wildman–Crippen MR) is 86.1 cm³/mol. The molecule has 1 fully saturated rings. The fourth-order valence-corrected chi connectivity index (χ4v) is 4.07. The lowest BCUT2D eigenvalue weighted by atomic mass is 10.1. The van der Waals surface area contributed by atoms with E-state index in [1.54, 1.807) is 26.0 Å². The van der Waals surface area contributed by atoms with Gasteiger partial charge < -0.3 is 10.8 Å². The first-order valence-electron chi connectivity index (χ1n) is 7.55. The number of sulfonamides is 1. The third kappa shape index (κ3) is 3.89. The van der Waals surface area contributed by atoms with E-state index in [1.807, 2.05) is 4.90 Å². The van der Waals surface area contributed by atoms with Crippen LogP contribution < -0.4 is 5.73 Å². The number of aliphatic hydroxyl groups excluding tert-OH is 1. The molecule has 23 heavy (non-hydrogen) atoms. The van der Waals surface area contributed by atoms with Crippen LogP contribution in [-0.2, 0) is 14.8 Å². The minimum atomic E-state index is -3.61. The van der Waals surface area contributed by atoms with E-state index in [9.17, 15) is 18.3 Å². The molecule has 0 radical (unpaired) electrons. The molecule has 1 aliphatic rings. The maximum Gasteiger partial charge on any atom is 0.243 e. The van der Waals surface area contributed by atoms with Gasteiger partial charge in [0.05, 0.1) is 17.0 Å². The molecule has 3 N–H and O–H groups in total. The number of carbonyl (C=O) groups is 1. The third-order valence-corrected chi connectivity index (χ3v) is 6.11. The number of benzene rings is 1. The van der Waals surface area contributed by atoms with Gasteiger partial charge in [-0.3, -0.25) is 9.69 Å². The summed E-state index contributed by atoms with van der Waals surface area (Å²) in [6.45, 7) is 4.84. The van der Waals surface area contributed by atoms with Gasteiger partial charge in [-0.25, -0.2) is 8.42 Å². The summed E-state index contributed by atoms with van der Waals surface area (Å²) in [5.74, 6) is -0.411. The van der Waals surface area contributed by atoms with Gasteiger partial charge in [-0.2, -0.15) is 4.31 Å².